The minimum Gasteiger partial charge on any atom is -0.478 e. The highest BCUT2D eigenvalue weighted by molar-refractivity contribution is 5.87. The van der Waals surface area contributed by atoms with Gasteiger partial charge in [0.25, 0.3) is 0 Å². The summed E-state index contributed by atoms with van der Waals surface area (Å²) >= 11 is 0. The molecular weight excluding hydrogens is 196 g/mol. The van der Waals surface area contributed by atoms with Crippen molar-refractivity contribution in [2.24, 2.45) is 11.8 Å². The largest absolute Gasteiger partial charge is 0.478 e. The van der Waals surface area contributed by atoms with E-state index in [2.05, 4.69) is 17.9 Å². The quantitative estimate of drug-likeness (QED) is 0.441. The second-order valence-corrected chi connectivity index (χ2v) is 3.43. The normalized spacial score (nSPS) is 21.7. The number of rotatable bonds is 3. The van der Waals surface area contributed by atoms with Gasteiger partial charge in [-0.15, -0.1) is 0 Å². The van der Waals surface area contributed by atoms with Gasteiger partial charge in [0.15, 0.2) is 0 Å². The van der Waals surface area contributed by atoms with Crippen molar-refractivity contribution < 1.29 is 19.4 Å². The molecule has 0 saturated heterocycles. The fourth-order valence-corrected chi connectivity index (χ4v) is 1.08. The average Bonchev–Trinajstić information content (AvgIpc) is 2.82. The molecule has 2 atom stereocenters. The Morgan fingerprint density at radius 1 is 1.53 bits per heavy atom. The SMILES string of the molecule is C=C(C(=O)O)C1CC1C.C=COC(C)=O. The van der Waals surface area contributed by atoms with Crippen LogP contribution in [0.5, 0.6) is 0 Å². The molecule has 4 heteroatoms. The zero-order valence-electron chi connectivity index (χ0n) is 9.03. The summed E-state index contributed by atoms with van der Waals surface area (Å²) in [6.45, 7) is 9.99. The molecule has 84 valence electrons. The van der Waals surface area contributed by atoms with Crippen LogP contribution >= 0.6 is 0 Å². The third kappa shape index (κ3) is 5.67. The Morgan fingerprint density at radius 3 is 2.07 bits per heavy atom. The van der Waals surface area contributed by atoms with Crippen molar-refractivity contribution in [3.05, 3.63) is 25.0 Å². The summed E-state index contributed by atoms with van der Waals surface area (Å²) in [5.74, 6) is -0.356. The summed E-state index contributed by atoms with van der Waals surface area (Å²) < 4.78 is 4.17. The first-order valence-corrected chi connectivity index (χ1v) is 4.60. The van der Waals surface area contributed by atoms with E-state index in [9.17, 15) is 9.59 Å². The fourth-order valence-electron chi connectivity index (χ4n) is 1.08. The van der Waals surface area contributed by atoms with E-state index in [0.717, 1.165) is 12.7 Å². The number of esters is 1. The fraction of sp³-hybridized carbons (Fsp3) is 0.455. The molecular formula is C11H16O4. The summed E-state index contributed by atoms with van der Waals surface area (Å²) in [5.41, 5.74) is 0.377. The molecule has 1 saturated carbocycles. The van der Waals surface area contributed by atoms with Crippen LogP contribution in [-0.4, -0.2) is 17.0 Å². The first-order valence-electron chi connectivity index (χ1n) is 4.60. The van der Waals surface area contributed by atoms with E-state index in [0.29, 0.717) is 11.5 Å². The van der Waals surface area contributed by atoms with E-state index in [1.54, 1.807) is 0 Å². The average molecular weight is 212 g/mol. The Balaban J connectivity index is 0.000000288. The summed E-state index contributed by atoms with van der Waals surface area (Å²) in [7, 11) is 0. The third-order valence-corrected chi connectivity index (χ3v) is 2.08. The van der Waals surface area contributed by atoms with Gasteiger partial charge in [-0.2, -0.15) is 0 Å². The maximum atomic E-state index is 10.2. The molecule has 2 unspecified atom stereocenters. The van der Waals surface area contributed by atoms with Crippen molar-refractivity contribution in [2.45, 2.75) is 20.3 Å². The first kappa shape index (κ1) is 13.4. The minimum absolute atomic E-state index is 0.266. The standard InChI is InChI=1S/C7H10O2.C4H6O2/c1-4-3-6(4)5(2)7(8)9;1-3-6-4(2)5/h4,6H,2-3H2,1H3,(H,8,9);3H,1H2,2H3. The van der Waals surface area contributed by atoms with E-state index < -0.39 is 5.97 Å². The van der Waals surface area contributed by atoms with Gasteiger partial charge >= 0.3 is 11.9 Å². The predicted octanol–water partition coefficient (Wildman–Crippen LogP) is 1.98. The van der Waals surface area contributed by atoms with Gasteiger partial charge in [-0.1, -0.05) is 20.1 Å². The monoisotopic (exact) mass is 212 g/mol. The first-order chi connectivity index (χ1) is 6.90. The minimum atomic E-state index is -0.843. The van der Waals surface area contributed by atoms with Crippen LogP contribution in [0.15, 0.2) is 25.0 Å². The van der Waals surface area contributed by atoms with E-state index in [1.165, 1.54) is 6.92 Å². The number of carboxylic acids is 1. The molecule has 0 aliphatic heterocycles. The van der Waals surface area contributed by atoms with Crippen molar-refractivity contribution in [1.29, 1.82) is 0 Å². The zero-order valence-corrected chi connectivity index (χ0v) is 9.03. The number of ether oxygens (including phenoxy) is 1. The molecule has 1 aliphatic rings. The Hall–Kier alpha value is -1.58. The molecule has 4 nitrogen and oxygen atoms in total. The number of hydrogen-bond acceptors (Lipinski definition) is 3. The van der Waals surface area contributed by atoms with Gasteiger partial charge in [-0.05, 0) is 18.3 Å². The van der Waals surface area contributed by atoms with Gasteiger partial charge in [0.2, 0.25) is 0 Å². The van der Waals surface area contributed by atoms with Crippen molar-refractivity contribution in [1.82, 2.24) is 0 Å². The molecule has 0 aromatic carbocycles. The van der Waals surface area contributed by atoms with Crippen LogP contribution in [-0.2, 0) is 14.3 Å². The summed E-state index contributed by atoms with van der Waals surface area (Å²) in [5, 5.41) is 8.41. The molecule has 0 amide bonds. The van der Waals surface area contributed by atoms with Gasteiger partial charge in [-0.3, -0.25) is 4.79 Å². The van der Waals surface area contributed by atoms with Crippen molar-refractivity contribution >= 4 is 11.9 Å². The van der Waals surface area contributed by atoms with Crippen LogP contribution in [0.4, 0.5) is 0 Å². The smallest absolute Gasteiger partial charge is 0.331 e. The number of carbonyl (C=O) groups excluding carboxylic acids is 1. The van der Waals surface area contributed by atoms with Gasteiger partial charge < -0.3 is 9.84 Å². The molecule has 1 rings (SSSR count). The Kier molecular flexibility index (Phi) is 5.37. The van der Waals surface area contributed by atoms with Crippen LogP contribution in [0.1, 0.15) is 20.3 Å². The van der Waals surface area contributed by atoms with Crippen LogP contribution < -0.4 is 0 Å². The molecule has 0 heterocycles. The highest BCUT2D eigenvalue weighted by Gasteiger charge is 2.37. The molecule has 0 bridgehead atoms. The number of carbonyl (C=O) groups is 2. The van der Waals surface area contributed by atoms with Crippen LogP contribution in [0.3, 0.4) is 0 Å². The van der Waals surface area contributed by atoms with E-state index in [1.807, 2.05) is 6.92 Å². The molecule has 1 fully saturated rings. The second-order valence-electron chi connectivity index (χ2n) is 3.43. The topological polar surface area (TPSA) is 63.6 Å². The Bertz CT molecular complexity index is 280. The highest BCUT2D eigenvalue weighted by Crippen LogP contribution is 2.42. The molecule has 1 aliphatic carbocycles. The van der Waals surface area contributed by atoms with Crippen LogP contribution in [0.2, 0.25) is 0 Å². The van der Waals surface area contributed by atoms with Crippen LogP contribution in [0.25, 0.3) is 0 Å². The maximum absolute atomic E-state index is 10.2. The number of hydrogen-bond donors (Lipinski definition) is 1. The molecule has 1 N–H and O–H groups in total. The highest BCUT2D eigenvalue weighted by atomic mass is 16.5. The van der Waals surface area contributed by atoms with E-state index in [4.69, 9.17) is 5.11 Å². The zero-order chi connectivity index (χ0) is 12.0. The lowest BCUT2D eigenvalue weighted by Crippen LogP contribution is -2.00. The molecule has 0 aromatic rings. The predicted molar refractivity (Wildman–Crippen MR) is 56.0 cm³/mol. The number of carboxylic acid groups (broad SMARTS) is 1. The van der Waals surface area contributed by atoms with Crippen LogP contribution in [0, 0.1) is 11.8 Å². The Labute approximate surface area is 89.2 Å². The van der Waals surface area contributed by atoms with Crippen molar-refractivity contribution in [2.75, 3.05) is 0 Å². The lowest BCUT2D eigenvalue weighted by molar-refractivity contribution is -0.135. The van der Waals surface area contributed by atoms with Crippen molar-refractivity contribution in [3.63, 3.8) is 0 Å². The van der Waals surface area contributed by atoms with Gasteiger partial charge in [0.1, 0.15) is 0 Å². The summed E-state index contributed by atoms with van der Waals surface area (Å²) in [4.78, 5) is 20.0. The lowest BCUT2D eigenvalue weighted by atomic mass is 10.2. The summed E-state index contributed by atoms with van der Waals surface area (Å²) in [6, 6.07) is 0. The van der Waals surface area contributed by atoms with E-state index in [-0.39, 0.29) is 11.9 Å². The molecule has 15 heavy (non-hydrogen) atoms. The Morgan fingerprint density at radius 2 is 2.00 bits per heavy atom. The van der Waals surface area contributed by atoms with Gasteiger partial charge in [0, 0.05) is 12.5 Å². The van der Waals surface area contributed by atoms with Gasteiger partial charge in [-0.25, -0.2) is 4.79 Å². The summed E-state index contributed by atoms with van der Waals surface area (Å²) in [6.07, 6.45) is 2.10. The third-order valence-electron chi connectivity index (χ3n) is 2.08. The van der Waals surface area contributed by atoms with E-state index >= 15 is 0 Å². The van der Waals surface area contributed by atoms with Crippen molar-refractivity contribution in [3.8, 4) is 0 Å². The maximum Gasteiger partial charge on any atom is 0.331 e. The molecule has 0 spiro atoms. The molecule has 0 radical (unpaired) electrons. The molecule has 0 aromatic heterocycles. The lowest BCUT2D eigenvalue weighted by Gasteiger charge is -1.92. The number of aliphatic carboxylic acids is 1. The van der Waals surface area contributed by atoms with Gasteiger partial charge in [0.05, 0.1) is 6.26 Å². The second kappa shape index (κ2) is 6.01.